The zero-order chi connectivity index (χ0) is 13.9. The molecule has 5 heteroatoms. The van der Waals surface area contributed by atoms with E-state index in [9.17, 15) is 8.78 Å². The van der Waals surface area contributed by atoms with Gasteiger partial charge in [-0.3, -0.25) is 4.90 Å². The molecule has 110 valence electrons. The van der Waals surface area contributed by atoms with Gasteiger partial charge in [-0.05, 0) is 36.5 Å². The van der Waals surface area contributed by atoms with Crippen LogP contribution in [0, 0.1) is 5.92 Å². The molecule has 1 aromatic rings. The molecule has 20 heavy (non-hydrogen) atoms. The lowest BCUT2D eigenvalue weighted by molar-refractivity contribution is -0.0501. The highest BCUT2D eigenvalue weighted by Crippen LogP contribution is 2.35. The number of nitrogens with zero attached hydrogens (tertiary/aromatic N) is 1. The third kappa shape index (κ3) is 3.67. The topological polar surface area (TPSA) is 21.7 Å². The largest absolute Gasteiger partial charge is 0.435 e. The van der Waals surface area contributed by atoms with Gasteiger partial charge in [0.1, 0.15) is 5.75 Å². The molecule has 1 heterocycles. The molecule has 1 aliphatic heterocycles. The van der Waals surface area contributed by atoms with E-state index in [1.165, 1.54) is 12.8 Å². The molecule has 0 radical (unpaired) electrons. The predicted molar refractivity (Wildman–Crippen MR) is 70.8 cm³/mol. The molecule has 2 fully saturated rings. The predicted octanol–water partition coefficient (Wildman–Crippen LogP) is 2.90. The molecule has 1 saturated heterocycles. The zero-order valence-corrected chi connectivity index (χ0v) is 11.3. The van der Waals surface area contributed by atoms with Crippen LogP contribution in [0.25, 0.3) is 0 Å². The first kappa shape index (κ1) is 13.8. The standard InChI is InChI=1S/C15H19F2NO2/c16-15(17)20-13-3-1-2-11(8-13)9-18-6-7-19-14(10-18)12-4-5-12/h1-3,8,12,14-15H,4-7,9-10H2. The molecule has 0 spiro atoms. The summed E-state index contributed by atoms with van der Waals surface area (Å²) >= 11 is 0. The number of halogens is 2. The number of rotatable bonds is 5. The van der Waals surface area contributed by atoms with Gasteiger partial charge in [-0.25, -0.2) is 0 Å². The number of benzene rings is 1. The lowest BCUT2D eigenvalue weighted by Gasteiger charge is -2.33. The monoisotopic (exact) mass is 283 g/mol. The van der Waals surface area contributed by atoms with E-state index >= 15 is 0 Å². The SMILES string of the molecule is FC(F)Oc1cccc(CN2CCOC(C3CC3)C2)c1. The molecule has 0 amide bonds. The molecule has 1 atom stereocenters. The van der Waals surface area contributed by atoms with Gasteiger partial charge >= 0.3 is 6.61 Å². The van der Waals surface area contributed by atoms with Crippen LogP contribution in [0.2, 0.25) is 0 Å². The van der Waals surface area contributed by atoms with Gasteiger partial charge in [0.2, 0.25) is 0 Å². The van der Waals surface area contributed by atoms with Gasteiger partial charge in [0.15, 0.2) is 0 Å². The van der Waals surface area contributed by atoms with Crippen molar-refractivity contribution in [2.45, 2.75) is 32.1 Å². The summed E-state index contributed by atoms with van der Waals surface area (Å²) in [6.07, 6.45) is 2.90. The summed E-state index contributed by atoms with van der Waals surface area (Å²) in [7, 11) is 0. The van der Waals surface area contributed by atoms with E-state index in [2.05, 4.69) is 9.64 Å². The summed E-state index contributed by atoms with van der Waals surface area (Å²) in [4.78, 5) is 2.33. The molecule has 2 aliphatic rings. The van der Waals surface area contributed by atoms with Gasteiger partial charge in [-0.15, -0.1) is 0 Å². The highest BCUT2D eigenvalue weighted by Gasteiger charge is 2.35. The average Bonchev–Trinajstić information content (AvgIpc) is 3.23. The van der Waals surface area contributed by atoms with E-state index in [0.29, 0.717) is 6.10 Å². The Bertz CT molecular complexity index is 451. The minimum absolute atomic E-state index is 0.226. The van der Waals surface area contributed by atoms with E-state index < -0.39 is 6.61 Å². The van der Waals surface area contributed by atoms with Crippen molar-refractivity contribution < 1.29 is 18.3 Å². The Morgan fingerprint density at radius 1 is 1.35 bits per heavy atom. The van der Waals surface area contributed by atoms with E-state index in [1.54, 1.807) is 18.2 Å². The maximum Gasteiger partial charge on any atom is 0.387 e. The molecule has 0 bridgehead atoms. The zero-order valence-electron chi connectivity index (χ0n) is 11.3. The van der Waals surface area contributed by atoms with Crippen molar-refractivity contribution >= 4 is 0 Å². The number of ether oxygens (including phenoxy) is 2. The molecule has 1 aromatic carbocycles. The molecule has 3 rings (SSSR count). The van der Waals surface area contributed by atoms with Crippen molar-refractivity contribution in [1.29, 1.82) is 0 Å². The molecule has 1 saturated carbocycles. The molecule has 3 nitrogen and oxygen atoms in total. The fraction of sp³-hybridized carbons (Fsp3) is 0.600. The highest BCUT2D eigenvalue weighted by molar-refractivity contribution is 5.28. The second kappa shape index (κ2) is 6.06. The Morgan fingerprint density at radius 3 is 2.95 bits per heavy atom. The summed E-state index contributed by atoms with van der Waals surface area (Å²) in [6.45, 7) is 0.572. The lowest BCUT2D eigenvalue weighted by atomic mass is 10.1. The summed E-state index contributed by atoms with van der Waals surface area (Å²) in [5.41, 5.74) is 1.000. The molecule has 0 N–H and O–H groups in total. The van der Waals surface area contributed by atoms with Gasteiger partial charge < -0.3 is 9.47 Å². The Hall–Kier alpha value is -1.20. The van der Waals surface area contributed by atoms with Crippen LogP contribution in [0.3, 0.4) is 0 Å². The van der Waals surface area contributed by atoms with Crippen molar-refractivity contribution in [2.24, 2.45) is 5.92 Å². The van der Waals surface area contributed by atoms with Crippen molar-refractivity contribution in [3.05, 3.63) is 29.8 Å². The van der Waals surface area contributed by atoms with Crippen LogP contribution in [-0.2, 0) is 11.3 Å². The van der Waals surface area contributed by atoms with Gasteiger partial charge in [0.05, 0.1) is 12.7 Å². The number of hydrogen-bond donors (Lipinski definition) is 0. The lowest BCUT2D eigenvalue weighted by Crippen LogP contribution is -2.42. The Kier molecular flexibility index (Phi) is 4.17. The van der Waals surface area contributed by atoms with E-state index in [4.69, 9.17) is 4.74 Å². The van der Waals surface area contributed by atoms with E-state index in [1.807, 2.05) is 6.07 Å². The maximum absolute atomic E-state index is 12.2. The van der Waals surface area contributed by atoms with Crippen LogP contribution in [-0.4, -0.2) is 37.3 Å². The Labute approximate surface area is 117 Å². The van der Waals surface area contributed by atoms with E-state index in [-0.39, 0.29) is 5.75 Å². The molecule has 1 aliphatic carbocycles. The van der Waals surface area contributed by atoms with Crippen molar-refractivity contribution in [2.75, 3.05) is 19.7 Å². The number of hydrogen-bond acceptors (Lipinski definition) is 3. The first-order valence-electron chi connectivity index (χ1n) is 7.08. The van der Waals surface area contributed by atoms with Crippen molar-refractivity contribution in [3.63, 3.8) is 0 Å². The third-order valence-electron chi connectivity index (χ3n) is 3.86. The minimum atomic E-state index is -2.77. The quantitative estimate of drug-likeness (QED) is 0.829. The second-order valence-corrected chi connectivity index (χ2v) is 5.51. The fourth-order valence-corrected chi connectivity index (χ4v) is 2.71. The Morgan fingerprint density at radius 2 is 2.20 bits per heavy atom. The average molecular weight is 283 g/mol. The molecular formula is C15H19F2NO2. The van der Waals surface area contributed by atoms with Crippen LogP contribution in [0.15, 0.2) is 24.3 Å². The van der Waals surface area contributed by atoms with Gasteiger partial charge in [0, 0.05) is 19.6 Å². The fourth-order valence-electron chi connectivity index (χ4n) is 2.71. The van der Waals surface area contributed by atoms with Gasteiger partial charge in [-0.2, -0.15) is 8.78 Å². The van der Waals surface area contributed by atoms with Crippen LogP contribution in [0.4, 0.5) is 8.78 Å². The van der Waals surface area contributed by atoms with Crippen molar-refractivity contribution in [1.82, 2.24) is 4.90 Å². The highest BCUT2D eigenvalue weighted by atomic mass is 19.3. The van der Waals surface area contributed by atoms with Crippen molar-refractivity contribution in [3.8, 4) is 5.75 Å². The van der Waals surface area contributed by atoms with Gasteiger partial charge in [-0.1, -0.05) is 12.1 Å². The number of alkyl halides is 2. The Balaban J connectivity index is 1.58. The molecule has 0 aromatic heterocycles. The summed E-state index contributed by atoms with van der Waals surface area (Å²) in [6, 6.07) is 6.95. The molecule has 1 unspecified atom stereocenters. The smallest absolute Gasteiger partial charge is 0.387 e. The van der Waals surface area contributed by atoms with Crippen LogP contribution >= 0.6 is 0 Å². The minimum Gasteiger partial charge on any atom is -0.435 e. The first-order chi connectivity index (χ1) is 9.70. The van der Waals surface area contributed by atoms with E-state index in [0.717, 1.165) is 37.7 Å². The first-order valence-corrected chi connectivity index (χ1v) is 7.08. The summed E-state index contributed by atoms with van der Waals surface area (Å²) < 4.78 is 34.6. The second-order valence-electron chi connectivity index (χ2n) is 5.51. The van der Waals surface area contributed by atoms with Crippen LogP contribution < -0.4 is 4.74 Å². The maximum atomic E-state index is 12.2. The molecular weight excluding hydrogens is 264 g/mol. The number of morpholine rings is 1. The van der Waals surface area contributed by atoms with Crippen LogP contribution in [0.5, 0.6) is 5.75 Å². The van der Waals surface area contributed by atoms with Crippen LogP contribution in [0.1, 0.15) is 18.4 Å². The summed E-state index contributed by atoms with van der Waals surface area (Å²) in [5, 5.41) is 0. The normalized spacial score (nSPS) is 24.1. The van der Waals surface area contributed by atoms with Gasteiger partial charge in [0.25, 0.3) is 0 Å². The summed E-state index contributed by atoms with van der Waals surface area (Å²) in [5.74, 6) is 0.954. The third-order valence-corrected chi connectivity index (χ3v) is 3.86.